The van der Waals surface area contributed by atoms with Gasteiger partial charge in [-0.25, -0.2) is 0 Å². The van der Waals surface area contributed by atoms with Crippen LogP contribution in [0.15, 0.2) is 18.2 Å². The summed E-state index contributed by atoms with van der Waals surface area (Å²) in [6, 6.07) is 4.24. The molecule has 0 aliphatic carbocycles. The maximum atomic E-state index is 12.0. The standard InChI is InChI=1S/C12H15N3O5/c1-19-8-2-3-9(10(6-8)15(17)18)14-12(16)11-7-13-4-5-20-11/h2-3,6,11,13H,4-5,7H2,1H3,(H,14,16). The van der Waals surface area contributed by atoms with Crippen LogP contribution >= 0.6 is 0 Å². The Hall–Kier alpha value is -2.19. The fourth-order valence-electron chi connectivity index (χ4n) is 1.84. The molecule has 1 amide bonds. The summed E-state index contributed by atoms with van der Waals surface area (Å²) in [6.07, 6.45) is -0.648. The van der Waals surface area contributed by atoms with E-state index in [9.17, 15) is 14.9 Å². The maximum absolute atomic E-state index is 12.0. The van der Waals surface area contributed by atoms with Crippen molar-refractivity contribution in [1.29, 1.82) is 0 Å². The molecule has 0 saturated carbocycles. The van der Waals surface area contributed by atoms with E-state index < -0.39 is 16.9 Å². The lowest BCUT2D eigenvalue weighted by molar-refractivity contribution is -0.384. The van der Waals surface area contributed by atoms with E-state index in [1.807, 2.05) is 0 Å². The van der Waals surface area contributed by atoms with E-state index in [4.69, 9.17) is 9.47 Å². The summed E-state index contributed by atoms with van der Waals surface area (Å²) in [6.45, 7) is 1.51. The lowest BCUT2D eigenvalue weighted by atomic mass is 10.2. The number of anilines is 1. The van der Waals surface area contributed by atoms with Gasteiger partial charge in [0.2, 0.25) is 0 Å². The molecule has 108 valence electrons. The van der Waals surface area contributed by atoms with Crippen molar-refractivity contribution in [3.05, 3.63) is 28.3 Å². The number of nitrogens with zero attached hydrogens (tertiary/aromatic N) is 1. The second kappa shape index (κ2) is 6.31. The van der Waals surface area contributed by atoms with Crippen molar-refractivity contribution in [3.63, 3.8) is 0 Å². The Balaban J connectivity index is 2.15. The number of hydrogen-bond donors (Lipinski definition) is 2. The predicted molar refractivity (Wildman–Crippen MR) is 70.9 cm³/mol. The molecule has 0 radical (unpaired) electrons. The van der Waals surface area contributed by atoms with Gasteiger partial charge in [-0.05, 0) is 12.1 Å². The molecule has 1 fully saturated rings. The minimum atomic E-state index is -0.648. The molecule has 2 N–H and O–H groups in total. The monoisotopic (exact) mass is 281 g/mol. The van der Waals surface area contributed by atoms with Gasteiger partial charge in [0.1, 0.15) is 17.5 Å². The predicted octanol–water partition coefficient (Wildman–Crippen LogP) is 0.530. The highest BCUT2D eigenvalue weighted by Crippen LogP contribution is 2.29. The third-order valence-corrected chi connectivity index (χ3v) is 2.88. The molecule has 1 heterocycles. The molecule has 1 unspecified atom stereocenters. The molecule has 8 nitrogen and oxygen atoms in total. The van der Waals surface area contributed by atoms with E-state index >= 15 is 0 Å². The Morgan fingerprint density at radius 3 is 3.00 bits per heavy atom. The smallest absolute Gasteiger partial charge is 0.296 e. The van der Waals surface area contributed by atoms with Gasteiger partial charge < -0.3 is 20.1 Å². The molecule has 1 aromatic carbocycles. The van der Waals surface area contributed by atoms with Crippen LogP contribution in [0.1, 0.15) is 0 Å². The number of nitro benzene ring substituents is 1. The third-order valence-electron chi connectivity index (χ3n) is 2.88. The largest absolute Gasteiger partial charge is 0.496 e. The number of methoxy groups -OCH3 is 1. The number of ether oxygens (including phenoxy) is 2. The van der Waals surface area contributed by atoms with Crippen molar-refractivity contribution >= 4 is 17.3 Å². The highest BCUT2D eigenvalue weighted by molar-refractivity contribution is 5.96. The number of morpholine rings is 1. The molecule has 20 heavy (non-hydrogen) atoms. The second-order valence-corrected chi connectivity index (χ2v) is 4.19. The molecule has 0 bridgehead atoms. The number of carbonyl (C=O) groups excluding carboxylic acids is 1. The van der Waals surface area contributed by atoms with Crippen LogP contribution in [0.2, 0.25) is 0 Å². The Morgan fingerprint density at radius 2 is 2.40 bits per heavy atom. The van der Waals surface area contributed by atoms with Gasteiger partial charge in [-0.2, -0.15) is 0 Å². The summed E-state index contributed by atoms with van der Waals surface area (Å²) in [5.41, 5.74) is -0.101. The molecule has 1 aliphatic heterocycles. The van der Waals surface area contributed by atoms with Crippen LogP contribution in [0.5, 0.6) is 5.75 Å². The molecule has 1 atom stereocenters. The van der Waals surface area contributed by atoms with Crippen molar-refractivity contribution in [2.45, 2.75) is 6.10 Å². The number of nitrogens with one attached hydrogen (secondary N) is 2. The van der Waals surface area contributed by atoms with Gasteiger partial charge in [-0.3, -0.25) is 14.9 Å². The van der Waals surface area contributed by atoms with Gasteiger partial charge >= 0.3 is 0 Å². The Labute approximate surface area is 115 Å². The van der Waals surface area contributed by atoms with Gasteiger partial charge in [-0.1, -0.05) is 0 Å². The first kappa shape index (κ1) is 14.2. The summed E-state index contributed by atoms with van der Waals surface area (Å²) in [4.78, 5) is 22.4. The summed E-state index contributed by atoms with van der Waals surface area (Å²) < 4.78 is 10.2. The molecule has 0 spiro atoms. The van der Waals surface area contributed by atoms with Gasteiger partial charge in [0.15, 0.2) is 0 Å². The van der Waals surface area contributed by atoms with E-state index in [1.165, 1.54) is 19.2 Å². The van der Waals surface area contributed by atoms with E-state index in [0.717, 1.165) is 0 Å². The van der Waals surface area contributed by atoms with Crippen molar-refractivity contribution in [2.75, 3.05) is 32.1 Å². The van der Waals surface area contributed by atoms with Crippen LogP contribution in [0, 0.1) is 10.1 Å². The lowest BCUT2D eigenvalue weighted by Gasteiger charge is -2.22. The number of nitro groups is 1. The average Bonchev–Trinajstić information content (AvgIpc) is 2.48. The number of carbonyl (C=O) groups is 1. The topological polar surface area (TPSA) is 103 Å². The molecule has 1 aliphatic rings. The van der Waals surface area contributed by atoms with Gasteiger partial charge in [0.05, 0.1) is 24.7 Å². The minimum Gasteiger partial charge on any atom is -0.496 e. The first-order valence-corrected chi connectivity index (χ1v) is 6.07. The maximum Gasteiger partial charge on any atom is 0.296 e. The van der Waals surface area contributed by atoms with Crippen LogP contribution in [-0.4, -0.2) is 43.7 Å². The minimum absolute atomic E-state index is 0.120. The van der Waals surface area contributed by atoms with E-state index in [2.05, 4.69) is 10.6 Å². The van der Waals surface area contributed by atoms with Crippen LogP contribution in [0.4, 0.5) is 11.4 Å². The van der Waals surface area contributed by atoms with Crippen molar-refractivity contribution in [1.82, 2.24) is 5.32 Å². The highest BCUT2D eigenvalue weighted by Gasteiger charge is 2.24. The van der Waals surface area contributed by atoms with E-state index in [-0.39, 0.29) is 11.4 Å². The molecule has 8 heteroatoms. The zero-order valence-electron chi connectivity index (χ0n) is 10.9. The van der Waals surface area contributed by atoms with Crippen LogP contribution in [0.25, 0.3) is 0 Å². The first-order chi connectivity index (χ1) is 9.61. The van der Waals surface area contributed by atoms with E-state index in [1.54, 1.807) is 6.07 Å². The summed E-state index contributed by atoms with van der Waals surface area (Å²) in [5, 5.41) is 16.5. The number of amides is 1. The van der Waals surface area contributed by atoms with Crippen molar-refractivity contribution in [2.24, 2.45) is 0 Å². The van der Waals surface area contributed by atoms with Crippen LogP contribution < -0.4 is 15.4 Å². The molecule has 1 saturated heterocycles. The quantitative estimate of drug-likeness (QED) is 0.616. The van der Waals surface area contributed by atoms with Gasteiger partial charge in [0, 0.05) is 13.1 Å². The SMILES string of the molecule is COc1ccc(NC(=O)C2CNCCO2)c([N+](=O)[O-])c1. The summed E-state index contributed by atoms with van der Waals surface area (Å²) in [7, 11) is 1.42. The average molecular weight is 281 g/mol. The number of benzene rings is 1. The Morgan fingerprint density at radius 1 is 1.60 bits per heavy atom. The normalized spacial score (nSPS) is 18.4. The molecule has 0 aromatic heterocycles. The van der Waals surface area contributed by atoms with Gasteiger partial charge in [0.25, 0.3) is 11.6 Å². The first-order valence-electron chi connectivity index (χ1n) is 6.07. The van der Waals surface area contributed by atoms with Crippen molar-refractivity contribution in [3.8, 4) is 5.75 Å². The van der Waals surface area contributed by atoms with Crippen molar-refractivity contribution < 1.29 is 19.2 Å². The third kappa shape index (κ3) is 3.22. The molecule has 1 aromatic rings. The zero-order chi connectivity index (χ0) is 14.5. The fraction of sp³-hybridized carbons (Fsp3) is 0.417. The number of hydrogen-bond acceptors (Lipinski definition) is 6. The van der Waals surface area contributed by atoms with Crippen LogP contribution in [-0.2, 0) is 9.53 Å². The summed E-state index contributed by atoms with van der Waals surface area (Å²) in [5.74, 6) is -0.0595. The summed E-state index contributed by atoms with van der Waals surface area (Å²) >= 11 is 0. The lowest BCUT2D eigenvalue weighted by Crippen LogP contribution is -2.45. The Kier molecular flexibility index (Phi) is 4.49. The fourth-order valence-corrected chi connectivity index (χ4v) is 1.84. The zero-order valence-corrected chi connectivity index (χ0v) is 10.9. The molecule has 2 rings (SSSR count). The Bertz CT molecular complexity index is 514. The molecular formula is C12H15N3O5. The van der Waals surface area contributed by atoms with E-state index in [0.29, 0.717) is 25.4 Å². The number of rotatable bonds is 4. The van der Waals surface area contributed by atoms with Crippen LogP contribution in [0.3, 0.4) is 0 Å². The molecular weight excluding hydrogens is 266 g/mol. The highest BCUT2D eigenvalue weighted by atomic mass is 16.6. The second-order valence-electron chi connectivity index (χ2n) is 4.19. The van der Waals surface area contributed by atoms with Gasteiger partial charge in [-0.15, -0.1) is 0 Å².